The van der Waals surface area contributed by atoms with Crippen LogP contribution in [0.3, 0.4) is 0 Å². The first-order valence-corrected chi connectivity index (χ1v) is 7.06. The van der Waals surface area contributed by atoms with Crippen LogP contribution in [0.4, 0.5) is 0 Å². The van der Waals surface area contributed by atoms with E-state index >= 15 is 0 Å². The smallest absolute Gasteiger partial charge is 0.125 e. The Hall–Kier alpha value is -1.21. The second-order valence-electron chi connectivity index (χ2n) is 4.41. The summed E-state index contributed by atoms with van der Waals surface area (Å²) in [6.45, 7) is 0.710. The molecule has 7 heteroatoms. The van der Waals surface area contributed by atoms with Gasteiger partial charge in [0.1, 0.15) is 5.75 Å². The molecule has 2 heterocycles. The average Bonchev–Trinajstić information content (AvgIpc) is 3.05. The Bertz CT molecular complexity index is 575. The largest absolute Gasteiger partial charge is 0.493 e. The number of hydrogen-bond donors (Lipinski definition) is 2. The minimum atomic E-state index is -0.0921. The minimum absolute atomic E-state index is 0.0921. The fourth-order valence-corrected chi connectivity index (χ4v) is 3.03. The lowest BCUT2D eigenvalue weighted by Gasteiger charge is -2.15. The number of fused-ring (bicyclic) bond motifs is 1. The van der Waals surface area contributed by atoms with Crippen molar-refractivity contribution in [2.75, 3.05) is 6.61 Å². The van der Waals surface area contributed by atoms with Gasteiger partial charge in [0.05, 0.1) is 36.3 Å². The van der Waals surface area contributed by atoms with Crippen LogP contribution in [-0.4, -0.2) is 15.4 Å². The fourth-order valence-electron chi connectivity index (χ4n) is 2.29. The van der Waals surface area contributed by atoms with E-state index in [2.05, 4.69) is 14.2 Å². The van der Waals surface area contributed by atoms with E-state index in [1.165, 1.54) is 11.7 Å². The lowest BCUT2D eigenvalue weighted by Crippen LogP contribution is -2.29. The van der Waals surface area contributed by atoms with Crippen molar-refractivity contribution in [3.8, 4) is 5.75 Å². The third-order valence-electron chi connectivity index (χ3n) is 3.19. The first-order valence-electron chi connectivity index (χ1n) is 5.95. The molecule has 100 valence electrons. The molecule has 1 aliphatic heterocycles. The van der Waals surface area contributed by atoms with Crippen molar-refractivity contribution in [2.45, 2.75) is 18.9 Å². The lowest BCUT2D eigenvalue weighted by atomic mass is 10.0. The van der Waals surface area contributed by atoms with Gasteiger partial charge in [0, 0.05) is 11.4 Å². The summed E-state index contributed by atoms with van der Waals surface area (Å²) in [5, 5.41) is 0.728. The van der Waals surface area contributed by atoms with E-state index in [1.54, 1.807) is 6.20 Å². The number of ether oxygens (including phenoxy) is 1. The number of nitrogens with two attached hydrogens (primary N) is 1. The number of nitrogens with one attached hydrogen (secondary N) is 1. The normalized spacial score (nSPS) is 15.1. The molecule has 2 aromatic rings. The minimum Gasteiger partial charge on any atom is -0.493 e. The number of hydrazine groups is 1. The third kappa shape index (κ3) is 2.57. The van der Waals surface area contributed by atoms with Crippen molar-refractivity contribution in [2.24, 2.45) is 5.84 Å². The van der Waals surface area contributed by atoms with Crippen molar-refractivity contribution in [3.63, 3.8) is 0 Å². The van der Waals surface area contributed by atoms with E-state index in [1.807, 2.05) is 12.1 Å². The van der Waals surface area contributed by atoms with Crippen molar-refractivity contribution in [1.29, 1.82) is 0 Å². The quantitative estimate of drug-likeness (QED) is 0.666. The molecule has 0 amide bonds. The lowest BCUT2D eigenvalue weighted by molar-refractivity contribution is 0.351. The Morgan fingerprint density at radius 1 is 1.53 bits per heavy atom. The summed E-state index contributed by atoms with van der Waals surface area (Å²) in [5.41, 5.74) is 5.82. The van der Waals surface area contributed by atoms with Gasteiger partial charge in [-0.15, -0.1) is 0 Å². The van der Waals surface area contributed by atoms with Crippen molar-refractivity contribution in [1.82, 2.24) is 14.2 Å². The van der Waals surface area contributed by atoms with Crippen LogP contribution in [0, 0.1) is 0 Å². The molecule has 3 N–H and O–H groups in total. The van der Waals surface area contributed by atoms with Crippen molar-refractivity contribution in [3.05, 3.63) is 40.2 Å². The summed E-state index contributed by atoms with van der Waals surface area (Å²) in [6.07, 6.45) is 3.30. The van der Waals surface area contributed by atoms with E-state index in [-0.39, 0.29) is 6.04 Å². The zero-order valence-corrected chi connectivity index (χ0v) is 11.7. The number of rotatable bonds is 4. The van der Waals surface area contributed by atoms with Crippen LogP contribution in [0.2, 0.25) is 5.02 Å². The van der Waals surface area contributed by atoms with Gasteiger partial charge in [0.2, 0.25) is 0 Å². The molecule has 0 aliphatic carbocycles. The molecular formula is C12H13ClN4OS. The van der Waals surface area contributed by atoms with Crippen LogP contribution in [-0.2, 0) is 12.8 Å². The summed E-state index contributed by atoms with van der Waals surface area (Å²) >= 11 is 7.32. The van der Waals surface area contributed by atoms with Crippen LogP contribution in [0.1, 0.15) is 22.9 Å². The van der Waals surface area contributed by atoms with Gasteiger partial charge in [0.15, 0.2) is 0 Å². The number of hydrogen-bond acceptors (Lipinski definition) is 6. The maximum atomic E-state index is 6.15. The molecule has 3 rings (SSSR count). The van der Waals surface area contributed by atoms with Gasteiger partial charge >= 0.3 is 0 Å². The van der Waals surface area contributed by atoms with E-state index in [4.69, 9.17) is 22.2 Å². The molecule has 5 nitrogen and oxygen atoms in total. The monoisotopic (exact) mass is 296 g/mol. The Morgan fingerprint density at radius 3 is 3.16 bits per heavy atom. The third-order valence-corrected chi connectivity index (χ3v) is 3.90. The van der Waals surface area contributed by atoms with E-state index in [0.29, 0.717) is 13.0 Å². The second-order valence-corrected chi connectivity index (χ2v) is 5.40. The molecule has 19 heavy (non-hydrogen) atoms. The van der Waals surface area contributed by atoms with Gasteiger partial charge in [-0.2, -0.15) is 8.75 Å². The summed E-state index contributed by atoms with van der Waals surface area (Å²) in [7, 11) is 0. The first kappa shape index (κ1) is 12.8. The molecular weight excluding hydrogens is 284 g/mol. The van der Waals surface area contributed by atoms with Gasteiger partial charge < -0.3 is 4.74 Å². The Morgan fingerprint density at radius 2 is 2.42 bits per heavy atom. The highest BCUT2D eigenvalue weighted by Gasteiger charge is 2.21. The summed E-state index contributed by atoms with van der Waals surface area (Å²) in [5.74, 6) is 6.55. The SMILES string of the molecule is NNC(Cc1cc(Cl)cc2c1OCC2)c1cnsn1. The maximum absolute atomic E-state index is 6.15. The zero-order chi connectivity index (χ0) is 13.2. The van der Waals surface area contributed by atoms with Gasteiger partial charge in [0.25, 0.3) is 0 Å². The molecule has 0 saturated carbocycles. The number of benzene rings is 1. The van der Waals surface area contributed by atoms with Crippen molar-refractivity contribution < 1.29 is 4.74 Å². The predicted octanol–water partition coefficient (Wildman–Crippen LogP) is 1.87. The van der Waals surface area contributed by atoms with Crippen LogP contribution < -0.4 is 16.0 Å². The number of nitrogens with zero attached hydrogens (tertiary/aromatic N) is 2. The molecule has 0 spiro atoms. The fraction of sp³-hybridized carbons (Fsp3) is 0.333. The summed E-state index contributed by atoms with van der Waals surface area (Å²) < 4.78 is 13.9. The topological polar surface area (TPSA) is 73.1 Å². The first-order chi connectivity index (χ1) is 9.28. The van der Waals surface area contributed by atoms with E-state index in [0.717, 1.165) is 34.0 Å². The van der Waals surface area contributed by atoms with Gasteiger partial charge in [-0.25, -0.2) is 0 Å². The van der Waals surface area contributed by atoms with Gasteiger partial charge in [-0.05, 0) is 29.7 Å². The van der Waals surface area contributed by atoms with Crippen LogP contribution in [0.15, 0.2) is 18.3 Å². The Labute approximate surface area is 120 Å². The summed E-state index contributed by atoms with van der Waals surface area (Å²) in [6, 6.07) is 3.80. The summed E-state index contributed by atoms with van der Waals surface area (Å²) in [4.78, 5) is 0. The Balaban J connectivity index is 1.90. The highest BCUT2D eigenvalue weighted by atomic mass is 35.5. The molecule has 1 aromatic carbocycles. The van der Waals surface area contributed by atoms with E-state index in [9.17, 15) is 0 Å². The highest BCUT2D eigenvalue weighted by molar-refractivity contribution is 6.99. The number of aromatic nitrogens is 2. The predicted molar refractivity (Wildman–Crippen MR) is 74.3 cm³/mol. The van der Waals surface area contributed by atoms with Crippen LogP contribution in [0.5, 0.6) is 5.75 Å². The standard InChI is InChI=1S/C12H13ClN4OS/c13-9-3-7-1-2-18-12(7)8(4-9)5-10(16-14)11-6-15-19-17-11/h3-4,6,10,16H,1-2,5,14H2. The molecule has 1 unspecified atom stereocenters. The van der Waals surface area contributed by atoms with Crippen LogP contribution in [0.25, 0.3) is 0 Å². The average molecular weight is 297 g/mol. The van der Waals surface area contributed by atoms with Crippen molar-refractivity contribution >= 4 is 23.3 Å². The highest BCUT2D eigenvalue weighted by Crippen LogP contribution is 2.35. The second kappa shape index (κ2) is 5.42. The Kier molecular flexibility index (Phi) is 3.65. The zero-order valence-electron chi connectivity index (χ0n) is 10.1. The number of halogens is 1. The molecule has 1 aliphatic rings. The molecule has 1 aromatic heterocycles. The molecule has 0 saturated heterocycles. The molecule has 0 bridgehead atoms. The van der Waals surface area contributed by atoms with Gasteiger partial charge in [-0.1, -0.05) is 11.6 Å². The van der Waals surface area contributed by atoms with Gasteiger partial charge in [-0.3, -0.25) is 11.3 Å². The van der Waals surface area contributed by atoms with E-state index < -0.39 is 0 Å². The molecule has 0 radical (unpaired) electrons. The molecule has 1 atom stereocenters. The maximum Gasteiger partial charge on any atom is 0.125 e. The van der Waals surface area contributed by atoms with Crippen LogP contribution >= 0.6 is 23.3 Å². The molecule has 0 fully saturated rings.